The van der Waals surface area contributed by atoms with Crippen LogP contribution in [0.4, 0.5) is 16.0 Å². The summed E-state index contributed by atoms with van der Waals surface area (Å²) >= 11 is 4.14. The lowest BCUT2D eigenvalue weighted by molar-refractivity contribution is 0.628. The topological polar surface area (TPSA) is 80.9 Å². The van der Waals surface area contributed by atoms with Crippen LogP contribution in [0.2, 0.25) is 0 Å². The van der Waals surface area contributed by atoms with Gasteiger partial charge in [-0.15, -0.1) is 5.10 Å². The largest absolute Gasteiger partial charge is 0.367 e. The summed E-state index contributed by atoms with van der Waals surface area (Å²) in [5, 5.41) is 11.8. The molecular formula is C16H15B2FN6S. The van der Waals surface area contributed by atoms with E-state index < -0.39 is 10.4 Å². The van der Waals surface area contributed by atoms with Gasteiger partial charge >= 0.3 is 0 Å². The van der Waals surface area contributed by atoms with Crippen LogP contribution >= 0.6 is 12.6 Å². The average molecular weight is 364 g/mol. The molecule has 0 atom stereocenters. The zero-order valence-electron chi connectivity index (χ0n) is 14.3. The maximum absolute atomic E-state index is 14.8. The van der Waals surface area contributed by atoms with Gasteiger partial charge in [-0.25, -0.2) is 13.9 Å². The average Bonchev–Trinajstić information content (AvgIpc) is 2.84. The van der Waals surface area contributed by atoms with E-state index in [2.05, 4.69) is 32.9 Å². The van der Waals surface area contributed by atoms with E-state index in [1.165, 1.54) is 10.7 Å². The van der Waals surface area contributed by atoms with Gasteiger partial charge in [0.1, 0.15) is 0 Å². The van der Waals surface area contributed by atoms with E-state index in [4.69, 9.17) is 21.4 Å². The first kappa shape index (κ1) is 18.4. The van der Waals surface area contributed by atoms with Crippen molar-refractivity contribution >= 4 is 45.5 Å². The molecule has 26 heavy (non-hydrogen) atoms. The zero-order valence-corrected chi connectivity index (χ0v) is 15.2. The predicted octanol–water partition coefficient (Wildman–Crippen LogP) is 2.60. The number of nitrogens with zero attached hydrogens (tertiary/aromatic N) is 5. The van der Waals surface area contributed by atoms with Crippen LogP contribution in [0.25, 0.3) is 16.6 Å². The molecule has 10 heteroatoms. The molecule has 128 valence electrons. The maximum atomic E-state index is 14.8. The first-order valence-electron chi connectivity index (χ1n) is 7.74. The van der Waals surface area contributed by atoms with Gasteiger partial charge in [-0.3, -0.25) is 0 Å². The quantitative estimate of drug-likeness (QED) is 0.424. The fraction of sp³-hybridized carbons (Fsp3) is 0.250. The summed E-state index contributed by atoms with van der Waals surface area (Å²) in [5.41, 5.74) is 9.11. The van der Waals surface area contributed by atoms with Crippen molar-refractivity contribution in [2.24, 2.45) is 10.2 Å². The Morgan fingerprint density at radius 1 is 1.38 bits per heavy atom. The van der Waals surface area contributed by atoms with Crippen LogP contribution in [0.3, 0.4) is 0 Å². The second-order valence-electron chi connectivity index (χ2n) is 6.03. The molecule has 3 rings (SSSR count). The standard InChI is InChI=1S/C16H15B2FN6S/c1-8-5-9(3-4-11(8)23-21-2)13-10(19)7-25-14(13)12(6-16(17,18)26)22-15(20)24-25/h3-5,7,26H,6H2,1-2H3,(H2,20,24). The Bertz CT molecular complexity index is 1010. The van der Waals surface area contributed by atoms with Crippen molar-refractivity contribution in [3.05, 3.63) is 41.5 Å². The van der Waals surface area contributed by atoms with Crippen LogP contribution in [-0.4, -0.2) is 41.9 Å². The summed E-state index contributed by atoms with van der Waals surface area (Å²) in [5.74, 6) is -0.476. The molecule has 0 aliphatic carbocycles. The molecule has 0 amide bonds. The SMILES string of the molecule is [B]C([B])(S)Cc1nc(N)nn2cc(F)c(-c3ccc(N=NC)c(C)c3)c12. The van der Waals surface area contributed by atoms with Gasteiger partial charge in [-0.2, -0.15) is 22.9 Å². The summed E-state index contributed by atoms with van der Waals surface area (Å²) in [6, 6.07) is 5.35. The third-order valence-corrected chi connectivity index (χ3v) is 3.98. The number of anilines is 1. The first-order valence-corrected chi connectivity index (χ1v) is 8.18. The lowest BCUT2D eigenvalue weighted by Crippen LogP contribution is -2.26. The molecule has 2 heterocycles. The Morgan fingerprint density at radius 3 is 2.73 bits per heavy atom. The Morgan fingerprint density at radius 2 is 2.12 bits per heavy atom. The number of aryl methyl sites for hydroxylation is 1. The van der Waals surface area contributed by atoms with Gasteiger partial charge in [-0.1, -0.05) is 10.6 Å². The number of benzene rings is 1. The smallest absolute Gasteiger partial charge is 0.238 e. The Kier molecular flexibility index (Phi) is 4.79. The summed E-state index contributed by atoms with van der Waals surface area (Å²) in [6.07, 6.45) is 1.32. The number of thiol groups is 1. The second kappa shape index (κ2) is 6.75. The molecular weight excluding hydrogens is 349 g/mol. The Balaban J connectivity index is 2.26. The Hall–Kier alpha value is -2.35. The summed E-state index contributed by atoms with van der Waals surface area (Å²) in [6.45, 7) is 1.87. The minimum atomic E-state index is -1.33. The third kappa shape index (κ3) is 3.60. The van der Waals surface area contributed by atoms with Crippen LogP contribution in [-0.2, 0) is 6.42 Å². The number of rotatable bonds is 4. The molecule has 3 aromatic rings. The van der Waals surface area contributed by atoms with Crippen molar-refractivity contribution < 1.29 is 4.39 Å². The lowest BCUT2D eigenvalue weighted by atomic mass is 9.67. The Labute approximate surface area is 158 Å². The highest BCUT2D eigenvalue weighted by molar-refractivity contribution is 7.84. The van der Waals surface area contributed by atoms with Gasteiger partial charge in [0.15, 0.2) is 5.82 Å². The number of nitrogens with two attached hydrogens (primary N) is 1. The van der Waals surface area contributed by atoms with Gasteiger partial charge < -0.3 is 5.73 Å². The molecule has 0 aliphatic heterocycles. The highest BCUT2D eigenvalue weighted by Crippen LogP contribution is 2.34. The van der Waals surface area contributed by atoms with Crippen LogP contribution < -0.4 is 5.73 Å². The van der Waals surface area contributed by atoms with Gasteiger partial charge in [0.2, 0.25) is 5.95 Å². The number of aromatic nitrogens is 3. The van der Waals surface area contributed by atoms with Crippen LogP contribution in [0.1, 0.15) is 11.3 Å². The molecule has 1 aromatic carbocycles. The summed E-state index contributed by atoms with van der Waals surface area (Å²) < 4.78 is 14.8. The van der Waals surface area contributed by atoms with Crippen LogP contribution in [0, 0.1) is 12.7 Å². The fourth-order valence-electron chi connectivity index (χ4n) is 2.84. The van der Waals surface area contributed by atoms with Crippen molar-refractivity contribution in [1.29, 1.82) is 0 Å². The summed E-state index contributed by atoms with van der Waals surface area (Å²) in [4.78, 5) is 4.19. The van der Waals surface area contributed by atoms with Gasteiger partial charge in [0.05, 0.1) is 38.8 Å². The molecule has 0 saturated carbocycles. The van der Waals surface area contributed by atoms with E-state index in [9.17, 15) is 4.39 Å². The first-order chi connectivity index (χ1) is 12.2. The third-order valence-electron chi connectivity index (χ3n) is 3.82. The highest BCUT2D eigenvalue weighted by atomic mass is 32.1. The van der Waals surface area contributed by atoms with E-state index in [0.717, 1.165) is 5.56 Å². The van der Waals surface area contributed by atoms with Crippen molar-refractivity contribution in [3.8, 4) is 11.1 Å². The minimum absolute atomic E-state index is 0.0125. The van der Waals surface area contributed by atoms with E-state index in [1.54, 1.807) is 19.2 Å². The van der Waals surface area contributed by atoms with Gasteiger partial charge in [-0.05, 0) is 36.6 Å². The molecule has 0 spiro atoms. The number of halogens is 1. The van der Waals surface area contributed by atoms with E-state index >= 15 is 0 Å². The molecule has 4 radical (unpaired) electrons. The van der Waals surface area contributed by atoms with Gasteiger partial charge in [0.25, 0.3) is 0 Å². The maximum Gasteiger partial charge on any atom is 0.238 e. The molecule has 0 bridgehead atoms. The van der Waals surface area contributed by atoms with Crippen LogP contribution in [0.5, 0.6) is 0 Å². The van der Waals surface area contributed by atoms with Crippen molar-refractivity contribution in [1.82, 2.24) is 14.6 Å². The second-order valence-corrected chi connectivity index (χ2v) is 6.86. The molecule has 0 fully saturated rings. The molecule has 0 saturated heterocycles. The fourth-order valence-corrected chi connectivity index (χ4v) is 2.99. The monoisotopic (exact) mass is 364 g/mol. The number of hydrogen-bond acceptors (Lipinski definition) is 6. The van der Waals surface area contributed by atoms with Crippen molar-refractivity contribution in [2.75, 3.05) is 12.8 Å². The van der Waals surface area contributed by atoms with E-state index in [1.807, 2.05) is 13.0 Å². The van der Waals surface area contributed by atoms with E-state index in [0.29, 0.717) is 28.0 Å². The molecule has 2 N–H and O–H groups in total. The van der Waals surface area contributed by atoms with Crippen molar-refractivity contribution in [2.45, 2.75) is 17.9 Å². The number of fused-ring (bicyclic) bond motifs is 1. The zero-order chi connectivity index (χ0) is 19.1. The number of hydrogen-bond donors (Lipinski definition) is 2. The van der Waals surface area contributed by atoms with Crippen LogP contribution in [0.15, 0.2) is 34.6 Å². The highest BCUT2D eigenvalue weighted by Gasteiger charge is 2.22. The molecule has 2 aromatic heterocycles. The van der Waals surface area contributed by atoms with Gasteiger partial charge in [0, 0.05) is 12.6 Å². The van der Waals surface area contributed by atoms with E-state index in [-0.39, 0.29) is 12.4 Å². The molecule has 0 unspecified atom stereocenters. The van der Waals surface area contributed by atoms with Crippen molar-refractivity contribution in [3.63, 3.8) is 0 Å². The summed E-state index contributed by atoms with van der Waals surface area (Å²) in [7, 11) is 13.2. The predicted molar refractivity (Wildman–Crippen MR) is 105 cm³/mol. The minimum Gasteiger partial charge on any atom is -0.367 e. The molecule has 0 aliphatic rings. The number of azo groups is 1. The lowest BCUT2D eigenvalue weighted by Gasteiger charge is -2.18. The molecule has 6 nitrogen and oxygen atoms in total. The normalized spacial score (nSPS) is 12.3. The number of nitrogen functional groups attached to an aromatic ring is 1.